The largest absolute Gasteiger partial charge is 0.427 e. The summed E-state index contributed by atoms with van der Waals surface area (Å²) in [6, 6.07) is 3.78. The lowest BCUT2D eigenvalue weighted by Gasteiger charge is -2.36. The number of carbonyl (C=O) groups excluding carboxylic acids is 1. The van der Waals surface area contributed by atoms with E-state index >= 15 is 0 Å². The molecule has 3 aromatic rings. The third-order valence-corrected chi connectivity index (χ3v) is 6.20. The van der Waals surface area contributed by atoms with Crippen molar-refractivity contribution in [3.8, 4) is 0 Å². The molecule has 5 rings (SSSR count). The Morgan fingerprint density at radius 2 is 1.97 bits per heavy atom. The zero-order valence-corrected chi connectivity index (χ0v) is 17.5. The summed E-state index contributed by atoms with van der Waals surface area (Å²) in [4.78, 5) is 34.0. The van der Waals surface area contributed by atoms with Crippen LogP contribution in [0, 0.1) is 6.92 Å². The molecule has 0 spiro atoms. The Morgan fingerprint density at radius 3 is 2.71 bits per heavy atom. The van der Waals surface area contributed by atoms with Crippen LogP contribution in [-0.4, -0.2) is 69.7 Å². The van der Waals surface area contributed by atoms with Gasteiger partial charge in [-0.25, -0.2) is 9.78 Å². The van der Waals surface area contributed by atoms with Gasteiger partial charge in [0.25, 0.3) is 11.7 Å². The molecule has 0 aromatic carbocycles. The molecular weight excluding hydrogens is 398 g/mol. The highest BCUT2D eigenvalue weighted by molar-refractivity contribution is 5.95. The number of nitrogens with one attached hydrogen (secondary N) is 1. The van der Waals surface area contributed by atoms with Crippen LogP contribution in [0.4, 0.5) is 5.82 Å². The van der Waals surface area contributed by atoms with E-state index in [9.17, 15) is 9.59 Å². The number of piperidine rings is 1. The maximum absolute atomic E-state index is 13.1. The predicted molar refractivity (Wildman–Crippen MR) is 113 cm³/mol. The third-order valence-electron chi connectivity index (χ3n) is 6.20. The summed E-state index contributed by atoms with van der Waals surface area (Å²) in [6.45, 7) is 5.96. The van der Waals surface area contributed by atoms with E-state index in [0.29, 0.717) is 43.3 Å². The Morgan fingerprint density at radius 1 is 1.19 bits per heavy atom. The maximum atomic E-state index is 13.1. The highest BCUT2D eigenvalue weighted by Crippen LogP contribution is 2.26. The van der Waals surface area contributed by atoms with Gasteiger partial charge < -0.3 is 19.5 Å². The molecule has 2 saturated heterocycles. The molecule has 0 radical (unpaired) electrons. The van der Waals surface area contributed by atoms with Crippen molar-refractivity contribution in [1.29, 1.82) is 0 Å². The number of hydrogen-bond donors (Lipinski definition) is 1. The summed E-state index contributed by atoms with van der Waals surface area (Å²) in [5, 5.41) is 11.2. The van der Waals surface area contributed by atoms with Gasteiger partial charge in [-0.3, -0.25) is 9.20 Å². The van der Waals surface area contributed by atoms with Crippen LogP contribution in [0.25, 0.3) is 5.78 Å². The molecule has 0 bridgehead atoms. The number of carbonyl (C=O) groups is 1. The smallest absolute Gasteiger partial charge is 0.349 e. The average molecular weight is 423 g/mol. The summed E-state index contributed by atoms with van der Waals surface area (Å²) in [7, 11) is 0. The van der Waals surface area contributed by atoms with Gasteiger partial charge in [0.1, 0.15) is 23.5 Å². The molecule has 0 atom stereocenters. The minimum absolute atomic E-state index is 0.149. The van der Waals surface area contributed by atoms with Crippen LogP contribution in [0.5, 0.6) is 0 Å². The van der Waals surface area contributed by atoms with Crippen LogP contribution < -0.4 is 15.8 Å². The summed E-state index contributed by atoms with van der Waals surface area (Å²) in [5.41, 5.74) is 0.315. The Balaban J connectivity index is 1.31. The Labute approximate surface area is 178 Å². The van der Waals surface area contributed by atoms with Crippen molar-refractivity contribution >= 4 is 17.5 Å². The molecule has 3 aromatic heterocycles. The number of piperazine rings is 1. The van der Waals surface area contributed by atoms with Gasteiger partial charge in [0.15, 0.2) is 0 Å². The molecule has 2 aliphatic rings. The molecule has 0 unspecified atom stereocenters. The number of hydrogen-bond acceptors (Lipinski definition) is 8. The number of nitrogens with zero attached hydrogens (tertiary/aromatic N) is 6. The molecule has 10 nitrogen and oxygen atoms in total. The summed E-state index contributed by atoms with van der Waals surface area (Å²) >= 11 is 0. The minimum atomic E-state index is -0.527. The first-order valence-electron chi connectivity index (χ1n) is 10.7. The maximum Gasteiger partial charge on any atom is 0.349 e. The molecule has 162 valence electrons. The molecule has 0 saturated carbocycles. The molecule has 1 N–H and O–H groups in total. The second-order valence-electron chi connectivity index (χ2n) is 8.10. The quantitative estimate of drug-likeness (QED) is 0.659. The Kier molecular flexibility index (Phi) is 5.14. The SMILES string of the molecule is Cc1cc(C2CCNCC2)oc(=O)c1C(=O)N1CCN(c2ccnc3nncn23)CC1. The van der Waals surface area contributed by atoms with E-state index in [1.165, 1.54) is 0 Å². The molecule has 2 fully saturated rings. The molecule has 1 amide bonds. The molecule has 10 heteroatoms. The minimum Gasteiger partial charge on any atom is -0.427 e. The van der Waals surface area contributed by atoms with Crippen molar-refractivity contribution in [3.63, 3.8) is 0 Å². The van der Waals surface area contributed by atoms with E-state index in [4.69, 9.17) is 4.42 Å². The van der Waals surface area contributed by atoms with E-state index in [2.05, 4.69) is 25.4 Å². The van der Waals surface area contributed by atoms with Crippen molar-refractivity contribution in [3.05, 3.63) is 52.0 Å². The monoisotopic (exact) mass is 423 g/mol. The number of fused-ring (bicyclic) bond motifs is 1. The standard InChI is InChI=1S/C21H25N7O3/c1-14-12-16(15-2-5-22-6-3-15)31-20(30)18(14)19(29)27-10-8-26(9-11-27)17-4-7-23-21-25-24-13-28(17)21/h4,7,12-13,15,22H,2-3,5-6,8-11H2,1H3. The summed E-state index contributed by atoms with van der Waals surface area (Å²) in [6.07, 6.45) is 5.21. The predicted octanol–water partition coefficient (Wildman–Crippen LogP) is 0.815. The van der Waals surface area contributed by atoms with Gasteiger partial charge in [0.2, 0.25) is 0 Å². The van der Waals surface area contributed by atoms with Crippen LogP contribution in [0.3, 0.4) is 0 Å². The van der Waals surface area contributed by atoms with Crippen molar-refractivity contribution in [2.75, 3.05) is 44.2 Å². The molecule has 2 aliphatic heterocycles. The van der Waals surface area contributed by atoms with Crippen molar-refractivity contribution in [2.45, 2.75) is 25.7 Å². The highest BCUT2D eigenvalue weighted by atomic mass is 16.4. The molecule has 5 heterocycles. The number of aromatic nitrogens is 4. The van der Waals surface area contributed by atoms with Gasteiger partial charge in [-0.05, 0) is 50.6 Å². The first-order valence-corrected chi connectivity index (χ1v) is 10.7. The van der Waals surface area contributed by atoms with Crippen LogP contribution >= 0.6 is 0 Å². The van der Waals surface area contributed by atoms with Crippen LogP contribution in [0.1, 0.15) is 40.4 Å². The zero-order chi connectivity index (χ0) is 21.4. The van der Waals surface area contributed by atoms with Gasteiger partial charge in [0.05, 0.1) is 0 Å². The Bertz CT molecular complexity index is 1160. The molecular formula is C21H25N7O3. The van der Waals surface area contributed by atoms with E-state index in [1.807, 2.05) is 23.5 Å². The van der Waals surface area contributed by atoms with Gasteiger partial charge in [-0.2, -0.15) is 0 Å². The van der Waals surface area contributed by atoms with Crippen LogP contribution in [0.2, 0.25) is 0 Å². The summed E-state index contributed by atoms with van der Waals surface area (Å²) in [5.74, 6) is 2.14. The lowest BCUT2D eigenvalue weighted by Crippen LogP contribution is -2.50. The second-order valence-corrected chi connectivity index (χ2v) is 8.10. The fraction of sp³-hybridized carbons (Fsp3) is 0.476. The number of amides is 1. The van der Waals surface area contributed by atoms with Crippen molar-refractivity contribution < 1.29 is 9.21 Å². The fourth-order valence-corrected chi connectivity index (χ4v) is 4.48. The normalized spacial score (nSPS) is 18.0. The average Bonchev–Trinajstić information content (AvgIpc) is 3.28. The van der Waals surface area contributed by atoms with Gasteiger partial charge in [-0.15, -0.1) is 10.2 Å². The third kappa shape index (κ3) is 3.67. The van der Waals surface area contributed by atoms with E-state index in [1.54, 1.807) is 17.4 Å². The zero-order valence-electron chi connectivity index (χ0n) is 17.5. The van der Waals surface area contributed by atoms with Gasteiger partial charge in [-0.1, -0.05) is 0 Å². The number of anilines is 1. The van der Waals surface area contributed by atoms with Gasteiger partial charge >= 0.3 is 5.63 Å². The van der Waals surface area contributed by atoms with Gasteiger partial charge in [0, 0.05) is 38.3 Å². The fourth-order valence-electron chi connectivity index (χ4n) is 4.48. The Hall–Kier alpha value is -3.27. The first kappa shape index (κ1) is 19.7. The topological polar surface area (TPSA) is 109 Å². The lowest BCUT2D eigenvalue weighted by atomic mass is 9.94. The molecule has 31 heavy (non-hydrogen) atoms. The lowest BCUT2D eigenvalue weighted by molar-refractivity contribution is 0.0740. The highest BCUT2D eigenvalue weighted by Gasteiger charge is 2.28. The van der Waals surface area contributed by atoms with E-state index in [-0.39, 0.29) is 17.4 Å². The van der Waals surface area contributed by atoms with Crippen molar-refractivity contribution in [1.82, 2.24) is 29.8 Å². The molecule has 0 aliphatic carbocycles. The van der Waals surface area contributed by atoms with Crippen LogP contribution in [-0.2, 0) is 0 Å². The summed E-state index contributed by atoms with van der Waals surface area (Å²) < 4.78 is 7.43. The number of aryl methyl sites for hydroxylation is 1. The van der Waals surface area contributed by atoms with Crippen LogP contribution in [0.15, 0.2) is 33.9 Å². The second kappa shape index (κ2) is 8.10. The van der Waals surface area contributed by atoms with Crippen molar-refractivity contribution in [2.24, 2.45) is 0 Å². The van der Waals surface area contributed by atoms with E-state index in [0.717, 1.165) is 31.7 Å². The first-order chi connectivity index (χ1) is 15.1. The number of rotatable bonds is 3. The van der Waals surface area contributed by atoms with E-state index < -0.39 is 5.63 Å².